The van der Waals surface area contributed by atoms with E-state index in [0.717, 1.165) is 24.4 Å². The fourth-order valence-corrected chi connectivity index (χ4v) is 4.89. The molecule has 1 aliphatic rings. The Hall–Kier alpha value is -2.71. The fraction of sp³-hybridized carbons (Fsp3) is 0.318. The molecule has 0 amide bonds. The second-order valence-electron chi connectivity index (χ2n) is 7.62. The van der Waals surface area contributed by atoms with E-state index >= 15 is 0 Å². The lowest BCUT2D eigenvalue weighted by atomic mass is 10.1. The lowest BCUT2D eigenvalue weighted by Gasteiger charge is -2.18. The first kappa shape index (κ1) is 20.6. The summed E-state index contributed by atoms with van der Waals surface area (Å²) in [5.41, 5.74) is 1.48. The first-order valence-electron chi connectivity index (χ1n) is 9.76. The molecule has 0 saturated heterocycles. The molecule has 1 aromatic heterocycles. The van der Waals surface area contributed by atoms with E-state index in [0.29, 0.717) is 17.4 Å². The number of aromatic nitrogens is 2. The molecule has 6 nitrogen and oxygen atoms in total. The van der Waals surface area contributed by atoms with Crippen LogP contribution >= 0.6 is 0 Å². The minimum atomic E-state index is -3.80. The zero-order valence-corrected chi connectivity index (χ0v) is 18.0. The SMILES string of the molecule is COc1ccc(CN(C)S(=O)(=O)c2ccc(F)c(-c3cn4c(n3)C(C)CC4)c2)cc1. The maximum Gasteiger partial charge on any atom is 0.243 e. The Balaban J connectivity index is 1.62. The minimum Gasteiger partial charge on any atom is -0.497 e. The standard InChI is InChI=1S/C22H24FN3O3S/c1-15-10-11-26-14-21(24-22(15)26)19-12-18(8-9-20(19)23)30(27,28)25(2)13-16-4-6-17(29-3)7-5-16/h4-9,12,14-15H,10-11,13H2,1-3H3. The van der Waals surface area contributed by atoms with Gasteiger partial charge in [-0.2, -0.15) is 4.31 Å². The van der Waals surface area contributed by atoms with Crippen LogP contribution in [0.15, 0.2) is 53.6 Å². The molecule has 0 radical (unpaired) electrons. The van der Waals surface area contributed by atoms with Crippen LogP contribution in [0.2, 0.25) is 0 Å². The van der Waals surface area contributed by atoms with Crippen molar-refractivity contribution in [1.29, 1.82) is 0 Å². The Morgan fingerprint density at radius 2 is 1.97 bits per heavy atom. The van der Waals surface area contributed by atoms with Gasteiger partial charge < -0.3 is 9.30 Å². The van der Waals surface area contributed by atoms with Crippen LogP contribution in [-0.4, -0.2) is 36.4 Å². The molecule has 0 fully saturated rings. The highest BCUT2D eigenvalue weighted by molar-refractivity contribution is 7.89. The van der Waals surface area contributed by atoms with Gasteiger partial charge in [-0.1, -0.05) is 19.1 Å². The highest BCUT2D eigenvalue weighted by atomic mass is 32.2. The van der Waals surface area contributed by atoms with Crippen LogP contribution < -0.4 is 4.74 Å². The number of halogens is 1. The summed E-state index contributed by atoms with van der Waals surface area (Å²) in [6, 6.07) is 11.1. The third-order valence-corrected chi connectivity index (χ3v) is 7.34. The number of imidazole rings is 1. The van der Waals surface area contributed by atoms with Crippen molar-refractivity contribution in [3.05, 3.63) is 65.9 Å². The molecule has 30 heavy (non-hydrogen) atoms. The van der Waals surface area contributed by atoms with Gasteiger partial charge in [0.1, 0.15) is 17.4 Å². The number of ether oxygens (including phenoxy) is 1. The van der Waals surface area contributed by atoms with Crippen molar-refractivity contribution in [2.75, 3.05) is 14.2 Å². The monoisotopic (exact) mass is 429 g/mol. The summed E-state index contributed by atoms with van der Waals surface area (Å²) in [5, 5.41) is 0. The molecule has 0 aliphatic carbocycles. The number of benzene rings is 2. The summed E-state index contributed by atoms with van der Waals surface area (Å²) in [6.45, 7) is 3.12. The first-order chi connectivity index (χ1) is 14.3. The van der Waals surface area contributed by atoms with Crippen LogP contribution in [0, 0.1) is 5.82 Å². The molecule has 0 spiro atoms. The smallest absolute Gasteiger partial charge is 0.243 e. The average molecular weight is 430 g/mol. The first-order valence-corrected chi connectivity index (χ1v) is 11.2. The zero-order chi connectivity index (χ0) is 21.5. The Morgan fingerprint density at radius 3 is 2.63 bits per heavy atom. The summed E-state index contributed by atoms with van der Waals surface area (Å²) in [6.07, 6.45) is 2.81. The van der Waals surface area contributed by atoms with Gasteiger partial charge in [0.2, 0.25) is 10.0 Å². The minimum absolute atomic E-state index is 0.0381. The summed E-state index contributed by atoms with van der Waals surface area (Å²) in [7, 11) is -0.719. The molecule has 1 atom stereocenters. The van der Waals surface area contributed by atoms with Crippen LogP contribution in [0.5, 0.6) is 5.75 Å². The van der Waals surface area contributed by atoms with E-state index in [1.807, 2.05) is 16.7 Å². The van der Waals surface area contributed by atoms with Crippen LogP contribution in [0.1, 0.15) is 30.7 Å². The van der Waals surface area contributed by atoms with Crippen molar-refractivity contribution in [3.8, 4) is 17.0 Å². The highest BCUT2D eigenvalue weighted by Crippen LogP contribution is 2.32. The fourth-order valence-electron chi connectivity index (χ4n) is 3.71. The predicted octanol–water partition coefficient (Wildman–Crippen LogP) is 4.03. The summed E-state index contributed by atoms with van der Waals surface area (Å²) in [4.78, 5) is 4.60. The summed E-state index contributed by atoms with van der Waals surface area (Å²) in [5.74, 6) is 1.43. The maximum absolute atomic E-state index is 14.6. The molecule has 4 rings (SSSR count). The topological polar surface area (TPSA) is 64.4 Å². The van der Waals surface area contributed by atoms with Crippen molar-refractivity contribution in [2.24, 2.45) is 0 Å². The van der Waals surface area contributed by atoms with Gasteiger partial charge in [0.25, 0.3) is 0 Å². The van der Waals surface area contributed by atoms with Crippen molar-refractivity contribution < 1.29 is 17.5 Å². The third-order valence-electron chi connectivity index (χ3n) is 5.54. The van der Waals surface area contributed by atoms with E-state index in [4.69, 9.17) is 4.74 Å². The Bertz CT molecular complexity index is 1170. The van der Waals surface area contributed by atoms with E-state index in [9.17, 15) is 12.8 Å². The van der Waals surface area contributed by atoms with Crippen LogP contribution in [0.25, 0.3) is 11.3 Å². The van der Waals surface area contributed by atoms with Crippen molar-refractivity contribution in [2.45, 2.75) is 37.2 Å². The predicted molar refractivity (Wildman–Crippen MR) is 112 cm³/mol. The molecule has 158 valence electrons. The van der Waals surface area contributed by atoms with Gasteiger partial charge in [0, 0.05) is 37.8 Å². The van der Waals surface area contributed by atoms with Gasteiger partial charge in [0.05, 0.1) is 17.7 Å². The lowest BCUT2D eigenvalue weighted by Crippen LogP contribution is -2.26. The number of aryl methyl sites for hydroxylation is 1. The molecule has 1 unspecified atom stereocenters. The van der Waals surface area contributed by atoms with Crippen molar-refractivity contribution in [3.63, 3.8) is 0 Å². The molecule has 0 N–H and O–H groups in total. The van der Waals surface area contributed by atoms with Crippen LogP contribution in [0.3, 0.4) is 0 Å². The van der Waals surface area contributed by atoms with E-state index in [2.05, 4.69) is 11.9 Å². The maximum atomic E-state index is 14.6. The second-order valence-corrected chi connectivity index (χ2v) is 9.66. The van der Waals surface area contributed by atoms with Crippen LogP contribution in [-0.2, 0) is 23.1 Å². The Labute approximate surface area is 176 Å². The van der Waals surface area contributed by atoms with E-state index < -0.39 is 15.8 Å². The molecule has 0 bridgehead atoms. The highest BCUT2D eigenvalue weighted by Gasteiger charge is 2.25. The van der Waals surface area contributed by atoms with Gasteiger partial charge in [-0.15, -0.1) is 0 Å². The molecular weight excluding hydrogens is 405 g/mol. The van der Waals surface area contributed by atoms with Gasteiger partial charge in [0.15, 0.2) is 0 Å². The van der Waals surface area contributed by atoms with Gasteiger partial charge in [-0.05, 0) is 42.3 Å². The molecule has 2 heterocycles. The zero-order valence-electron chi connectivity index (χ0n) is 17.2. The largest absolute Gasteiger partial charge is 0.497 e. The molecule has 2 aromatic carbocycles. The van der Waals surface area contributed by atoms with Crippen molar-refractivity contribution >= 4 is 10.0 Å². The second kappa shape index (κ2) is 7.85. The molecule has 0 saturated carbocycles. The van der Waals surface area contributed by atoms with Crippen LogP contribution in [0.4, 0.5) is 4.39 Å². The van der Waals surface area contributed by atoms with Gasteiger partial charge in [-0.3, -0.25) is 0 Å². The number of sulfonamides is 1. The number of rotatable bonds is 6. The average Bonchev–Trinajstić information content (AvgIpc) is 3.30. The van der Waals surface area contributed by atoms with Gasteiger partial charge in [-0.25, -0.2) is 17.8 Å². The number of hydrogen-bond donors (Lipinski definition) is 0. The molecule has 1 aliphatic heterocycles. The van der Waals surface area contributed by atoms with E-state index in [1.165, 1.54) is 29.6 Å². The quantitative estimate of drug-likeness (QED) is 0.594. The molecular formula is C22H24FN3O3S. The Morgan fingerprint density at radius 1 is 1.23 bits per heavy atom. The summed E-state index contributed by atoms with van der Waals surface area (Å²) < 4.78 is 49.1. The number of hydrogen-bond acceptors (Lipinski definition) is 4. The van der Waals surface area contributed by atoms with Gasteiger partial charge >= 0.3 is 0 Å². The molecule has 8 heteroatoms. The number of nitrogens with zero attached hydrogens (tertiary/aromatic N) is 3. The molecule has 3 aromatic rings. The van der Waals surface area contributed by atoms with E-state index in [-0.39, 0.29) is 17.0 Å². The Kier molecular flexibility index (Phi) is 5.38. The third kappa shape index (κ3) is 3.73. The number of fused-ring (bicyclic) bond motifs is 1. The van der Waals surface area contributed by atoms with Crippen molar-refractivity contribution in [1.82, 2.24) is 13.9 Å². The normalized spacial score (nSPS) is 16.1. The summed E-state index contributed by atoms with van der Waals surface area (Å²) >= 11 is 0. The lowest BCUT2D eigenvalue weighted by molar-refractivity contribution is 0.414. The van der Waals surface area contributed by atoms with E-state index in [1.54, 1.807) is 25.4 Å². The number of methoxy groups -OCH3 is 1.